The zero-order valence-corrected chi connectivity index (χ0v) is 17.2. The van der Waals surface area contributed by atoms with E-state index in [0.717, 1.165) is 27.1 Å². The van der Waals surface area contributed by atoms with Gasteiger partial charge in [0.05, 0.1) is 22.5 Å². The Hall–Kier alpha value is -2.69. The molecule has 2 heterocycles. The molecule has 0 bridgehead atoms. The molecule has 0 saturated heterocycles. The fourth-order valence-electron chi connectivity index (χ4n) is 2.68. The zero-order chi connectivity index (χ0) is 20.4. The molecule has 6 nitrogen and oxygen atoms in total. The summed E-state index contributed by atoms with van der Waals surface area (Å²) in [6.07, 6.45) is 0. The summed E-state index contributed by atoms with van der Waals surface area (Å²) in [6.45, 7) is 0. The standard InChI is InChI=1S/C19H14FN3O3S3/c20-13-6-1-2-7-14(13)21-17(24)12-28-19-22-15-8-3-4-9-16(15)23(19)29(25,26)18-10-5-11-27-18/h1-11H,12H2,(H,21,24). The van der Waals surface area contributed by atoms with E-state index in [0.29, 0.717) is 11.0 Å². The Bertz CT molecular complexity index is 1280. The molecular formula is C19H14FN3O3S3. The molecule has 0 fully saturated rings. The highest BCUT2D eigenvalue weighted by atomic mass is 32.2. The summed E-state index contributed by atoms with van der Waals surface area (Å²) >= 11 is 2.08. The number of amides is 1. The van der Waals surface area contributed by atoms with Crippen molar-refractivity contribution >= 4 is 55.7 Å². The Kier molecular flexibility index (Phi) is 5.39. The largest absolute Gasteiger partial charge is 0.323 e. The molecule has 0 unspecified atom stereocenters. The molecule has 148 valence electrons. The van der Waals surface area contributed by atoms with Gasteiger partial charge < -0.3 is 5.32 Å². The summed E-state index contributed by atoms with van der Waals surface area (Å²) in [5.74, 6) is -1.14. The first-order valence-corrected chi connectivity index (χ1v) is 11.7. The quantitative estimate of drug-likeness (QED) is 0.448. The number of hydrogen-bond donors (Lipinski definition) is 1. The number of thiophene rings is 1. The topological polar surface area (TPSA) is 81.1 Å². The molecule has 0 atom stereocenters. The van der Waals surface area contributed by atoms with Crippen molar-refractivity contribution < 1.29 is 17.6 Å². The SMILES string of the molecule is O=C(CSc1nc2ccccc2n1S(=O)(=O)c1cccs1)Nc1ccccc1F. The maximum Gasteiger partial charge on any atom is 0.279 e. The maximum absolute atomic E-state index is 13.7. The molecule has 0 aliphatic carbocycles. The number of carbonyl (C=O) groups excluding carboxylic acids is 1. The molecular weight excluding hydrogens is 433 g/mol. The molecule has 0 radical (unpaired) electrons. The van der Waals surface area contributed by atoms with E-state index in [9.17, 15) is 17.6 Å². The van der Waals surface area contributed by atoms with E-state index >= 15 is 0 Å². The molecule has 4 aromatic rings. The third-order valence-corrected chi connectivity index (χ3v) is 8.09. The number of carbonyl (C=O) groups is 1. The number of thioether (sulfide) groups is 1. The smallest absolute Gasteiger partial charge is 0.279 e. The van der Waals surface area contributed by atoms with Gasteiger partial charge in [0.1, 0.15) is 10.0 Å². The van der Waals surface area contributed by atoms with Gasteiger partial charge in [-0.2, -0.15) is 8.42 Å². The summed E-state index contributed by atoms with van der Waals surface area (Å²) in [5, 5.41) is 4.33. The highest BCUT2D eigenvalue weighted by Crippen LogP contribution is 2.30. The van der Waals surface area contributed by atoms with E-state index in [-0.39, 0.29) is 20.8 Å². The summed E-state index contributed by atoms with van der Waals surface area (Å²) in [7, 11) is -3.86. The van der Waals surface area contributed by atoms with Crippen LogP contribution in [-0.4, -0.2) is 29.0 Å². The lowest BCUT2D eigenvalue weighted by Crippen LogP contribution is -2.17. The van der Waals surface area contributed by atoms with E-state index < -0.39 is 21.7 Å². The molecule has 0 aliphatic heterocycles. The van der Waals surface area contributed by atoms with Crippen LogP contribution in [0.25, 0.3) is 11.0 Å². The van der Waals surface area contributed by atoms with Crippen molar-refractivity contribution in [3.63, 3.8) is 0 Å². The van der Waals surface area contributed by atoms with Gasteiger partial charge in [0.15, 0.2) is 5.16 Å². The highest BCUT2D eigenvalue weighted by molar-refractivity contribution is 8.00. The van der Waals surface area contributed by atoms with Crippen LogP contribution in [0.2, 0.25) is 0 Å². The molecule has 0 aliphatic rings. The number of anilines is 1. The van der Waals surface area contributed by atoms with Gasteiger partial charge in [0.25, 0.3) is 10.0 Å². The van der Waals surface area contributed by atoms with Crippen molar-refractivity contribution in [2.45, 2.75) is 9.37 Å². The number of halogens is 1. The van der Waals surface area contributed by atoms with Gasteiger partial charge in [-0.05, 0) is 35.7 Å². The van der Waals surface area contributed by atoms with Crippen LogP contribution in [0.5, 0.6) is 0 Å². The van der Waals surface area contributed by atoms with E-state index in [1.54, 1.807) is 41.8 Å². The van der Waals surface area contributed by atoms with Crippen LogP contribution in [0, 0.1) is 5.82 Å². The lowest BCUT2D eigenvalue weighted by Gasteiger charge is -2.09. The first kappa shape index (κ1) is 19.6. The Morgan fingerprint density at radius 1 is 1.10 bits per heavy atom. The number of rotatable bonds is 6. The number of benzene rings is 2. The molecule has 1 N–H and O–H groups in total. The number of para-hydroxylation sites is 3. The molecule has 0 spiro atoms. The number of nitrogens with zero attached hydrogens (tertiary/aromatic N) is 2. The fraction of sp³-hybridized carbons (Fsp3) is 0.0526. The average molecular weight is 448 g/mol. The number of imidazole rings is 1. The zero-order valence-electron chi connectivity index (χ0n) is 14.8. The molecule has 0 saturated carbocycles. The van der Waals surface area contributed by atoms with Crippen molar-refractivity contribution in [2.75, 3.05) is 11.1 Å². The first-order chi connectivity index (χ1) is 14.0. The van der Waals surface area contributed by atoms with E-state index in [1.165, 1.54) is 24.3 Å². The fourth-order valence-corrected chi connectivity index (χ4v) is 6.26. The van der Waals surface area contributed by atoms with E-state index in [4.69, 9.17) is 0 Å². The van der Waals surface area contributed by atoms with Crippen molar-refractivity contribution in [3.05, 3.63) is 71.9 Å². The van der Waals surface area contributed by atoms with Crippen molar-refractivity contribution in [1.29, 1.82) is 0 Å². The minimum atomic E-state index is -3.86. The average Bonchev–Trinajstić information content (AvgIpc) is 3.36. The number of hydrogen-bond acceptors (Lipinski definition) is 6. The van der Waals surface area contributed by atoms with Gasteiger partial charge >= 0.3 is 0 Å². The monoisotopic (exact) mass is 447 g/mol. The molecule has 2 aromatic carbocycles. The second kappa shape index (κ2) is 7.97. The third kappa shape index (κ3) is 3.91. The minimum Gasteiger partial charge on any atom is -0.323 e. The van der Waals surface area contributed by atoms with Crippen LogP contribution >= 0.6 is 23.1 Å². The summed E-state index contributed by atoms with van der Waals surface area (Å²) in [6, 6.07) is 15.9. The van der Waals surface area contributed by atoms with Crippen LogP contribution in [0.3, 0.4) is 0 Å². The normalized spacial score (nSPS) is 11.6. The van der Waals surface area contributed by atoms with Gasteiger partial charge in [0, 0.05) is 0 Å². The Labute approximate surface area is 174 Å². The first-order valence-electron chi connectivity index (χ1n) is 8.40. The molecule has 1 amide bonds. The van der Waals surface area contributed by atoms with Gasteiger partial charge in [-0.25, -0.2) is 13.3 Å². The van der Waals surface area contributed by atoms with Crippen LogP contribution in [0.1, 0.15) is 0 Å². The lowest BCUT2D eigenvalue weighted by molar-refractivity contribution is -0.113. The molecule has 29 heavy (non-hydrogen) atoms. The number of aromatic nitrogens is 2. The number of nitrogens with one attached hydrogen (secondary N) is 1. The van der Waals surface area contributed by atoms with Gasteiger partial charge in [-0.3, -0.25) is 4.79 Å². The maximum atomic E-state index is 13.7. The summed E-state index contributed by atoms with van der Waals surface area (Å²) < 4.78 is 41.3. The van der Waals surface area contributed by atoms with E-state index in [2.05, 4.69) is 10.3 Å². The summed E-state index contributed by atoms with van der Waals surface area (Å²) in [5.41, 5.74) is 1.00. The van der Waals surface area contributed by atoms with Crippen LogP contribution in [-0.2, 0) is 14.8 Å². The predicted molar refractivity (Wildman–Crippen MR) is 112 cm³/mol. The second-order valence-electron chi connectivity index (χ2n) is 5.90. The second-order valence-corrected chi connectivity index (χ2v) is 9.81. The summed E-state index contributed by atoms with van der Waals surface area (Å²) in [4.78, 5) is 16.6. The minimum absolute atomic E-state index is 0.0674. The van der Waals surface area contributed by atoms with Crippen LogP contribution < -0.4 is 5.32 Å². The van der Waals surface area contributed by atoms with Gasteiger partial charge in [-0.1, -0.05) is 42.1 Å². The van der Waals surface area contributed by atoms with E-state index in [1.807, 2.05) is 0 Å². The number of fused-ring (bicyclic) bond motifs is 1. The molecule has 10 heteroatoms. The van der Waals surface area contributed by atoms with Crippen LogP contribution in [0.15, 0.2) is 75.4 Å². The van der Waals surface area contributed by atoms with Crippen molar-refractivity contribution in [3.8, 4) is 0 Å². The van der Waals surface area contributed by atoms with Crippen LogP contribution in [0.4, 0.5) is 10.1 Å². The van der Waals surface area contributed by atoms with Gasteiger partial charge in [0.2, 0.25) is 5.91 Å². The molecule has 4 rings (SSSR count). The Morgan fingerprint density at radius 3 is 2.62 bits per heavy atom. The Balaban J connectivity index is 1.64. The van der Waals surface area contributed by atoms with Crippen molar-refractivity contribution in [2.24, 2.45) is 0 Å². The van der Waals surface area contributed by atoms with Crippen molar-refractivity contribution in [1.82, 2.24) is 8.96 Å². The molecule has 2 aromatic heterocycles. The Morgan fingerprint density at radius 2 is 1.86 bits per heavy atom. The highest BCUT2D eigenvalue weighted by Gasteiger charge is 2.25. The third-order valence-electron chi connectivity index (χ3n) is 3.96. The predicted octanol–water partition coefficient (Wildman–Crippen LogP) is 4.20. The van der Waals surface area contributed by atoms with Gasteiger partial charge in [-0.15, -0.1) is 11.3 Å². The lowest BCUT2D eigenvalue weighted by atomic mass is 10.3.